The minimum atomic E-state index is -5.08. The number of amides is 1. The summed E-state index contributed by atoms with van der Waals surface area (Å²) in [7, 11) is 0. The topological polar surface area (TPSA) is 96.1 Å². The summed E-state index contributed by atoms with van der Waals surface area (Å²) in [5.41, 5.74) is 1.81. The maximum absolute atomic E-state index is 12.9. The first kappa shape index (κ1) is 24.6. The van der Waals surface area contributed by atoms with E-state index in [1.807, 2.05) is 37.1 Å². The van der Waals surface area contributed by atoms with Gasteiger partial charge in [-0.05, 0) is 44.9 Å². The van der Waals surface area contributed by atoms with Crippen LogP contribution in [0.15, 0.2) is 35.0 Å². The first-order valence-corrected chi connectivity index (χ1v) is 10.5. The molecule has 4 rings (SSSR count). The minimum Gasteiger partial charge on any atom is -0.475 e. The van der Waals surface area contributed by atoms with E-state index in [0.29, 0.717) is 24.5 Å². The summed E-state index contributed by atoms with van der Waals surface area (Å²) in [6, 6.07) is 6.18. The Bertz CT molecular complexity index is 964. The van der Waals surface area contributed by atoms with Gasteiger partial charge in [0, 0.05) is 25.8 Å². The Morgan fingerprint density at radius 2 is 1.88 bits per heavy atom. The van der Waals surface area contributed by atoms with E-state index < -0.39 is 12.1 Å². The summed E-state index contributed by atoms with van der Waals surface area (Å²) in [4.78, 5) is 30.4. The van der Waals surface area contributed by atoms with Crippen LogP contribution in [-0.2, 0) is 9.53 Å². The molecular weight excluding hydrogens is 443 g/mol. The Hall–Kier alpha value is -3.08. The third kappa shape index (κ3) is 6.04. The van der Waals surface area contributed by atoms with Crippen LogP contribution in [0.1, 0.15) is 34.7 Å². The molecule has 0 aromatic carbocycles. The summed E-state index contributed by atoms with van der Waals surface area (Å²) in [5, 5.41) is 7.12. The predicted molar refractivity (Wildman–Crippen MR) is 112 cm³/mol. The fourth-order valence-electron chi connectivity index (χ4n) is 4.14. The molecule has 2 atom stereocenters. The van der Waals surface area contributed by atoms with Gasteiger partial charge in [0.05, 0.1) is 36.2 Å². The van der Waals surface area contributed by atoms with E-state index in [0.717, 1.165) is 37.4 Å². The maximum atomic E-state index is 12.9. The lowest BCUT2D eigenvalue weighted by molar-refractivity contribution is -0.192. The van der Waals surface area contributed by atoms with E-state index in [-0.39, 0.29) is 18.1 Å². The molecule has 0 spiro atoms. The van der Waals surface area contributed by atoms with Gasteiger partial charge in [-0.15, -0.1) is 0 Å². The highest BCUT2D eigenvalue weighted by atomic mass is 19.4. The molecule has 2 aromatic rings. The Balaban J connectivity index is 0.000000383. The van der Waals surface area contributed by atoms with Crippen LogP contribution in [0, 0.1) is 13.8 Å². The normalized spacial score (nSPS) is 20.9. The molecule has 1 N–H and O–H groups in total. The maximum Gasteiger partial charge on any atom is 0.490 e. The van der Waals surface area contributed by atoms with Gasteiger partial charge in [-0.3, -0.25) is 9.78 Å². The van der Waals surface area contributed by atoms with Crippen molar-refractivity contribution < 1.29 is 37.0 Å². The molecule has 2 fully saturated rings. The molecule has 1 amide bonds. The molecule has 33 heavy (non-hydrogen) atoms. The number of furan rings is 1. The molecule has 180 valence electrons. The van der Waals surface area contributed by atoms with Crippen LogP contribution < -0.4 is 4.90 Å². The summed E-state index contributed by atoms with van der Waals surface area (Å²) >= 11 is 0. The number of nitrogens with zero attached hydrogens (tertiary/aromatic N) is 3. The van der Waals surface area contributed by atoms with Crippen LogP contribution in [0.25, 0.3) is 0 Å². The predicted octanol–water partition coefficient (Wildman–Crippen LogP) is 3.43. The molecule has 0 bridgehead atoms. The molecule has 2 saturated heterocycles. The number of carbonyl (C=O) groups is 2. The Morgan fingerprint density at radius 3 is 2.45 bits per heavy atom. The highest BCUT2D eigenvalue weighted by Crippen LogP contribution is 2.29. The van der Waals surface area contributed by atoms with Gasteiger partial charge in [-0.1, -0.05) is 0 Å². The first-order chi connectivity index (χ1) is 15.6. The van der Waals surface area contributed by atoms with E-state index in [4.69, 9.17) is 19.1 Å². The number of ether oxygens (including phenoxy) is 1. The standard InChI is InChI=1S/C20H25N3O3.C2HF3O2/c1-14-12-17(15(2)26-14)20(24)22-8-5-18-19(6-9-22)25-11-10-23(18)16-4-3-7-21-13-16;3-2(4,5)1(6)7/h3-4,7,12-13,18-19H,5-6,8-11H2,1-2H3;(H,6,7). The zero-order valence-corrected chi connectivity index (χ0v) is 18.3. The quantitative estimate of drug-likeness (QED) is 0.720. The minimum absolute atomic E-state index is 0.0610. The van der Waals surface area contributed by atoms with Crippen molar-refractivity contribution >= 4 is 17.6 Å². The van der Waals surface area contributed by atoms with E-state index in [9.17, 15) is 18.0 Å². The molecule has 4 heterocycles. The van der Waals surface area contributed by atoms with Crippen LogP contribution in [-0.4, -0.2) is 71.4 Å². The number of rotatable bonds is 2. The van der Waals surface area contributed by atoms with E-state index in [1.54, 1.807) is 6.20 Å². The average molecular weight is 469 g/mol. The average Bonchev–Trinajstić information content (AvgIpc) is 2.97. The summed E-state index contributed by atoms with van der Waals surface area (Å²) < 4.78 is 43.3. The van der Waals surface area contributed by atoms with Gasteiger partial charge in [0.25, 0.3) is 5.91 Å². The zero-order chi connectivity index (χ0) is 24.2. The van der Waals surface area contributed by atoms with Crippen molar-refractivity contribution in [3.05, 3.63) is 47.7 Å². The van der Waals surface area contributed by atoms with Crippen molar-refractivity contribution in [1.82, 2.24) is 9.88 Å². The van der Waals surface area contributed by atoms with Crippen LogP contribution in [0.4, 0.5) is 18.9 Å². The number of hydrogen-bond acceptors (Lipinski definition) is 6. The number of aryl methyl sites for hydroxylation is 2. The SMILES string of the molecule is Cc1cc(C(=O)N2CCC3OCCN(c4cccnc4)C3CC2)c(C)o1.O=C(O)C(F)(F)F. The second kappa shape index (κ2) is 10.2. The van der Waals surface area contributed by atoms with E-state index in [1.165, 1.54) is 0 Å². The number of anilines is 1. The third-order valence-electron chi connectivity index (χ3n) is 5.65. The number of alkyl halides is 3. The lowest BCUT2D eigenvalue weighted by atomic mass is 10.0. The van der Waals surface area contributed by atoms with Crippen molar-refractivity contribution in [2.24, 2.45) is 0 Å². The number of carbonyl (C=O) groups excluding carboxylic acids is 1. The highest BCUT2D eigenvalue weighted by Gasteiger charge is 2.38. The fraction of sp³-hybridized carbons (Fsp3) is 0.500. The number of hydrogen-bond donors (Lipinski definition) is 1. The smallest absolute Gasteiger partial charge is 0.475 e. The van der Waals surface area contributed by atoms with Crippen LogP contribution in [0.5, 0.6) is 0 Å². The number of carboxylic acid groups (broad SMARTS) is 1. The summed E-state index contributed by atoms with van der Waals surface area (Å²) in [5.74, 6) is -1.22. The monoisotopic (exact) mass is 469 g/mol. The second-order valence-corrected chi connectivity index (χ2v) is 7.88. The van der Waals surface area contributed by atoms with Crippen molar-refractivity contribution in [3.8, 4) is 0 Å². The van der Waals surface area contributed by atoms with Crippen molar-refractivity contribution in [2.75, 3.05) is 31.1 Å². The zero-order valence-electron chi connectivity index (χ0n) is 18.3. The first-order valence-electron chi connectivity index (χ1n) is 10.5. The van der Waals surface area contributed by atoms with Gasteiger partial charge in [0.15, 0.2) is 0 Å². The number of fused-ring (bicyclic) bond motifs is 1. The number of pyridine rings is 1. The van der Waals surface area contributed by atoms with Crippen molar-refractivity contribution in [2.45, 2.75) is 45.0 Å². The third-order valence-corrected chi connectivity index (χ3v) is 5.65. The Kier molecular flexibility index (Phi) is 7.62. The molecule has 8 nitrogen and oxygen atoms in total. The van der Waals surface area contributed by atoms with Crippen LogP contribution in [0.2, 0.25) is 0 Å². The van der Waals surface area contributed by atoms with Crippen LogP contribution in [0.3, 0.4) is 0 Å². The molecule has 2 unspecified atom stereocenters. The number of aliphatic carboxylic acids is 1. The molecule has 2 aliphatic rings. The Morgan fingerprint density at radius 1 is 1.18 bits per heavy atom. The van der Waals surface area contributed by atoms with Gasteiger partial charge in [0.2, 0.25) is 0 Å². The number of aromatic nitrogens is 1. The molecule has 0 aliphatic carbocycles. The van der Waals surface area contributed by atoms with Crippen molar-refractivity contribution in [3.63, 3.8) is 0 Å². The summed E-state index contributed by atoms with van der Waals surface area (Å²) in [6.45, 7) is 6.74. The van der Waals surface area contributed by atoms with Gasteiger partial charge in [0.1, 0.15) is 11.5 Å². The lowest BCUT2D eigenvalue weighted by Gasteiger charge is -2.41. The highest BCUT2D eigenvalue weighted by molar-refractivity contribution is 5.95. The molecule has 0 saturated carbocycles. The lowest BCUT2D eigenvalue weighted by Crippen LogP contribution is -2.51. The number of morpholine rings is 1. The van der Waals surface area contributed by atoms with E-state index >= 15 is 0 Å². The number of likely N-dealkylation sites (tertiary alicyclic amines) is 1. The molecular formula is C22H26F3N3O5. The second-order valence-electron chi connectivity index (χ2n) is 7.88. The van der Waals surface area contributed by atoms with Crippen LogP contribution >= 0.6 is 0 Å². The molecule has 11 heteroatoms. The van der Waals surface area contributed by atoms with Gasteiger partial charge in [-0.25, -0.2) is 4.79 Å². The molecule has 0 radical (unpaired) electrons. The van der Waals surface area contributed by atoms with E-state index in [2.05, 4.69) is 16.0 Å². The van der Waals surface area contributed by atoms with Gasteiger partial charge in [-0.2, -0.15) is 13.2 Å². The van der Waals surface area contributed by atoms with Gasteiger partial charge < -0.3 is 24.1 Å². The largest absolute Gasteiger partial charge is 0.490 e. The number of carboxylic acids is 1. The van der Waals surface area contributed by atoms with Crippen molar-refractivity contribution in [1.29, 1.82) is 0 Å². The molecule has 2 aromatic heterocycles. The van der Waals surface area contributed by atoms with Gasteiger partial charge >= 0.3 is 12.1 Å². The number of halogens is 3. The summed E-state index contributed by atoms with van der Waals surface area (Å²) in [6.07, 6.45) is 0.510. The molecule has 2 aliphatic heterocycles. The Labute approximate surface area is 188 Å². The fourth-order valence-corrected chi connectivity index (χ4v) is 4.14.